The lowest BCUT2D eigenvalue weighted by Crippen LogP contribution is -2.53. The van der Waals surface area contributed by atoms with Gasteiger partial charge in [-0.1, -0.05) is 25.3 Å². The predicted molar refractivity (Wildman–Crippen MR) is 122 cm³/mol. The molecule has 0 bridgehead atoms. The number of carbonyl (C=O) groups is 1. The number of rotatable bonds is 4. The van der Waals surface area contributed by atoms with Gasteiger partial charge in [-0.05, 0) is 42.8 Å². The van der Waals surface area contributed by atoms with E-state index in [9.17, 15) is 22.0 Å². The lowest BCUT2D eigenvalue weighted by molar-refractivity contribution is 0.251. The Morgan fingerprint density at radius 2 is 1.85 bits per heavy atom. The van der Waals surface area contributed by atoms with Crippen molar-refractivity contribution in [3.63, 3.8) is 0 Å². The number of thiophene rings is 1. The molecule has 1 aliphatic carbocycles. The molecule has 11 heteroatoms. The van der Waals surface area contributed by atoms with Gasteiger partial charge in [0.25, 0.3) is 10.0 Å². The number of anilines is 1. The van der Waals surface area contributed by atoms with Crippen LogP contribution in [0.4, 0.5) is 19.3 Å². The highest BCUT2D eigenvalue weighted by atomic mass is 32.2. The Balaban J connectivity index is 1.58. The fourth-order valence-electron chi connectivity index (χ4n) is 5.03. The van der Waals surface area contributed by atoms with Gasteiger partial charge in [0.2, 0.25) is 0 Å². The number of aliphatic imine (C=N–C) groups is 1. The second-order valence-corrected chi connectivity index (χ2v) is 11.8. The van der Waals surface area contributed by atoms with Gasteiger partial charge in [-0.25, -0.2) is 22.0 Å². The van der Waals surface area contributed by atoms with Crippen LogP contribution in [0.15, 0.2) is 44.9 Å². The van der Waals surface area contributed by atoms with Crippen LogP contribution in [0.3, 0.4) is 0 Å². The van der Waals surface area contributed by atoms with Crippen LogP contribution in [0.2, 0.25) is 0 Å². The fourth-order valence-corrected chi connectivity index (χ4v) is 7.67. The molecule has 2 saturated heterocycles. The summed E-state index contributed by atoms with van der Waals surface area (Å²) in [4.78, 5) is 19.3. The van der Waals surface area contributed by atoms with E-state index in [1.165, 1.54) is 9.21 Å². The molecule has 1 aromatic heterocycles. The van der Waals surface area contributed by atoms with Crippen molar-refractivity contribution < 1.29 is 22.0 Å². The molecule has 1 saturated carbocycles. The molecule has 2 aliphatic heterocycles. The largest absolute Gasteiger partial charge is 0.328 e. The van der Waals surface area contributed by atoms with E-state index in [1.54, 1.807) is 17.5 Å². The molecule has 7 nitrogen and oxygen atoms in total. The molecule has 3 heterocycles. The Labute approximate surface area is 195 Å². The third-order valence-corrected chi connectivity index (χ3v) is 9.81. The number of nitrogens with one attached hydrogen (secondary N) is 1. The molecule has 3 aliphatic rings. The highest BCUT2D eigenvalue weighted by molar-refractivity contribution is 7.91. The number of carbonyl (C=O) groups excluding carboxylic acids is 1. The maximum atomic E-state index is 14.1. The molecule has 1 atom stereocenters. The Morgan fingerprint density at radius 1 is 1.12 bits per heavy atom. The molecule has 5 rings (SSSR count). The molecule has 3 fully saturated rings. The molecule has 2 amide bonds. The van der Waals surface area contributed by atoms with Crippen LogP contribution >= 0.6 is 11.3 Å². The van der Waals surface area contributed by atoms with Crippen molar-refractivity contribution in [2.24, 2.45) is 4.99 Å². The van der Waals surface area contributed by atoms with Crippen molar-refractivity contribution in [1.29, 1.82) is 0 Å². The first-order chi connectivity index (χ1) is 15.8. The summed E-state index contributed by atoms with van der Waals surface area (Å²) in [7, 11) is -3.77. The smallest absolute Gasteiger partial charge is 0.294 e. The summed E-state index contributed by atoms with van der Waals surface area (Å²) in [6, 6.07) is 5.59. The number of nitrogens with zero attached hydrogens (tertiary/aromatic N) is 3. The predicted octanol–water partition coefficient (Wildman–Crippen LogP) is 4.12. The van der Waals surface area contributed by atoms with Gasteiger partial charge in [-0.2, -0.15) is 4.31 Å². The van der Waals surface area contributed by atoms with Gasteiger partial charge in [-0.3, -0.25) is 15.2 Å². The summed E-state index contributed by atoms with van der Waals surface area (Å²) in [5.41, 5.74) is -1.12. The van der Waals surface area contributed by atoms with E-state index in [2.05, 4.69) is 5.32 Å². The van der Waals surface area contributed by atoms with Crippen LogP contribution in [0.25, 0.3) is 0 Å². The zero-order chi connectivity index (χ0) is 23.2. The van der Waals surface area contributed by atoms with Gasteiger partial charge in [0.1, 0.15) is 27.2 Å². The SMILES string of the molecule is O=C1NC(=NC2CCCCC2)C2(CCN(S(=O)(=O)c3cccs3)C2)N1c1cc(F)cc(F)c1. The number of urea groups is 1. The third kappa shape index (κ3) is 3.95. The fraction of sp³-hybridized carbons (Fsp3) is 0.455. The molecule has 1 unspecified atom stereocenters. The zero-order valence-corrected chi connectivity index (χ0v) is 19.5. The Hall–Kier alpha value is -2.37. The average Bonchev–Trinajstić information content (AvgIpc) is 3.50. The number of benzene rings is 1. The maximum absolute atomic E-state index is 14.1. The summed E-state index contributed by atoms with van der Waals surface area (Å²) in [5, 5.41) is 4.49. The zero-order valence-electron chi connectivity index (χ0n) is 17.8. The van der Waals surface area contributed by atoms with E-state index in [4.69, 9.17) is 4.99 Å². The minimum Gasteiger partial charge on any atom is -0.294 e. The van der Waals surface area contributed by atoms with E-state index in [-0.39, 0.29) is 35.4 Å². The molecule has 1 N–H and O–H groups in total. The summed E-state index contributed by atoms with van der Waals surface area (Å²) >= 11 is 1.12. The van der Waals surface area contributed by atoms with Gasteiger partial charge >= 0.3 is 6.03 Å². The molecular weight excluding hydrogens is 470 g/mol. The van der Waals surface area contributed by atoms with Crippen molar-refractivity contribution in [2.45, 2.75) is 54.3 Å². The van der Waals surface area contributed by atoms with Gasteiger partial charge in [0.05, 0.1) is 11.7 Å². The first kappa shape index (κ1) is 22.4. The van der Waals surface area contributed by atoms with E-state index >= 15 is 0 Å². The van der Waals surface area contributed by atoms with Crippen LogP contribution in [0, 0.1) is 11.6 Å². The van der Waals surface area contributed by atoms with Crippen molar-refractivity contribution in [2.75, 3.05) is 18.0 Å². The highest BCUT2D eigenvalue weighted by Crippen LogP contribution is 2.40. The van der Waals surface area contributed by atoms with Gasteiger partial charge < -0.3 is 0 Å². The standard InChI is InChI=1S/C22H24F2N4O3S2/c23-15-11-16(24)13-18(12-15)28-21(29)26-20(25-17-5-2-1-3-6-17)22(28)8-9-27(14-22)33(30,31)19-7-4-10-32-19/h4,7,10-13,17H,1-3,5-6,8-9,14H2,(H,25,26,29). The normalized spacial score (nSPS) is 25.9. The third-order valence-electron chi connectivity index (χ3n) is 6.59. The average molecular weight is 495 g/mol. The van der Waals surface area contributed by atoms with E-state index < -0.39 is 33.2 Å². The molecule has 1 spiro atoms. The van der Waals surface area contributed by atoms with Crippen LogP contribution in [-0.4, -0.2) is 49.3 Å². The summed E-state index contributed by atoms with van der Waals surface area (Å²) in [6.07, 6.45) is 5.27. The summed E-state index contributed by atoms with van der Waals surface area (Å²) in [5.74, 6) is -1.24. The van der Waals surface area contributed by atoms with Crippen LogP contribution in [-0.2, 0) is 10.0 Å². The number of amides is 2. The van der Waals surface area contributed by atoms with E-state index in [0.717, 1.165) is 61.6 Å². The number of hydrogen-bond donors (Lipinski definition) is 1. The van der Waals surface area contributed by atoms with Gasteiger partial charge in [-0.15, -0.1) is 11.3 Å². The van der Waals surface area contributed by atoms with Crippen molar-refractivity contribution >= 4 is 38.9 Å². The monoisotopic (exact) mass is 494 g/mol. The molecule has 33 heavy (non-hydrogen) atoms. The Kier molecular flexibility index (Phi) is 5.74. The second kappa shape index (κ2) is 8.44. The summed E-state index contributed by atoms with van der Waals surface area (Å²) < 4.78 is 56.1. The van der Waals surface area contributed by atoms with Crippen molar-refractivity contribution in [3.05, 3.63) is 47.3 Å². The maximum Gasteiger partial charge on any atom is 0.328 e. The molecular formula is C22H24F2N4O3S2. The van der Waals surface area contributed by atoms with Crippen molar-refractivity contribution in [3.8, 4) is 0 Å². The minimum atomic E-state index is -3.77. The lowest BCUT2D eigenvalue weighted by atomic mass is 9.93. The number of amidine groups is 1. The van der Waals surface area contributed by atoms with E-state index in [0.29, 0.717) is 5.84 Å². The van der Waals surface area contributed by atoms with Gasteiger partial charge in [0.15, 0.2) is 0 Å². The van der Waals surface area contributed by atoms with Crippen molar-refractivity contribution in [1.82, 2.24) is 9.62 Å². The van der Waals surface area contributed by atoms with Gasteiger partial charge in [0, 0.05) is 19.2 Å². The Morgan fingerprint density at radius 3 is 2.52 bits per heavy atom. The topological polar surface area (TPSA) is 82.1 Å². The number of halogens is 2. The quantitative estimate of drug-likeness (QED) is 0.694. The molecule has 176 valence electrons. The molecule has 0 radical (unpaired) electrons. The van der Waals surface area contributed by atoms with Crippen LogP contribution in [0.5, 0.6) is 0 Å². The first-order valence-corrected chi connectivity index (χ1v) is 13.3. The Bertz CT molecular complexity index is 1180. The second-order valence-electron chi connectivity index (χ2n) is 8.72. The number of hydrogen-bond acceptors (Lipinski definition) is 5. The summed E-state index contributed by atoms with van der Waals surface area (Å²) in [6.45, 7) is 0.114. The molecule has 1 aromatic carbocycles. The minimum absolute atomic E-state index is 0.0260. The van der Waals surface area contributed by atoms with Crippen LogP contribution in [0.1, 0.15) is 38.5 Å². The lowest BCUT2D eigenvalue weighted by Gasteiger charge is -2.34. The number of sulfonamides is 1. The highest BCUT2D eigenvalue weighted by Gasteiger charge is 2.57. The van der Waals surface area contributed by atoms with Crippen LogP contribution < -0.4 is 10.2 Å². The first-order valence-electron chi connectivity index (χ1n) is 11.0. The molecule has 2 aromatic rings. The van der Waals surface area contributed by atoms with E-state index in [1.807, 2.05) is 0 Å².